The van der Waals surface area contributed by atoms with E-state index in [-0.39, 0.29) is 0 Å². The van der Waals surface area contributed by atoms with Crippen molar-refractivity contribution >= 4 is 11.6 Å². The molecule has 1 atom stereocenters. The first-order chi connectivity index (χ1) is 9.10. The summed E-state index contributed by atoms with van der Waals surface area (Å²) in [6, 6.07) is 14.8. The Morgan fingerprint density at radius 2 is 1.63 bits per heavy atom. The predicted molar refractivity (Wildman–Crippen MR) is 82.9 cm³/mol. The molecule has 0 saturated carbocycles. The smallest absolute Gasteiger partial charge is 0.0440 e. The van der Waals surface area contributed by atoms with Gasteiger partial charge in [-0.25, -0.2) is 0 Å². The van der Waals surface area contributed by atoms with Gasteiger partial charge < -0.3 is 5.73 Å². The maximum atomic E-state index is 6.30. The zero-order chi connectivity index (χ0) is 13.8. The summed E-state index contributed by atoms with van der Waals surface area (Å²) >= 11 is 6.30. The number of hydrogen-bond acceptors (Lipinski definition) is 1. The van der Waals surface area contributed by atoms with Gasteiger partial charge in [0.25, 0.3) is 0 Å². The van der Waals surface area contributed by atoms with Gasteiger partial charge >= 0.3 is 0 Å². The molecule has 0 aliphatic rings. The van der Waals surface area contributed by atoms with Crippen LogP contribution in [-0.2, 0) is 6.42 Å². The molecule has 0 fully saturated rings. The molecule has 19 heavy (non-hydrogen) atoms. The van der Waals surface area contributed by atoms with Crippen molar-refractivity contribution in [3.05, 3.63) is 69.7 Å². The minimum atomic E-state index is 0.320. The van der Waals surface area contributed by atoms with E-state index in [0.29, 0.717) is 12.5 Å². The monoisotopic (exact) mass is 273 g/mol. The van der Waals surface area contributed by atoms with Gasteiger partial charge in [-0.3, -0.25) is 0 Å². The second kappa shape index (κ2) is 6.23. The molecule has 0 saturated heterocycles. The van der Waals surface area contributed by atoms with Gasteiger partial charge in [0.1, 0.15) is 0 Å². The van der Waals surface area contributed by atoms with Crippen molar-refractivity contribution in [2.45, 2.75) is 26.2 Å². The molecule has 2 aromatic carbocycles. The van der Waals surface area contributed by atoms with Crippen LogP contribution in [0.5, 0.6) is 0 Å². The number of aryl methyl sites for hydroxylation is 2. The molecule has 0 spiro atoms. The van der Waals surface area contributed by atoms with Gasteiger partial charge in [-0.1, -0.05) is 53.6 Å². The topological polar surface area (TPSA) is 26.0 Å². The third-order valence-corrected chi connectivity index (χ3v) is 3.86. The molecule has 2 N–H and O–H groups in total. The minimum Gasteiger partial charge on any atom is -0.330 e. The van der Waals surface area contributed by atoms with Crippen molar-refractivity contribution < 1.29 is 0 Å². The van der Waals surface area contributed by atoms with Crippen LogP contribution in [0.25, 0.3) is 0 Å². The summed E-state index contributed by atoms with van der Waals surface area (Å²) in [6.07, 6.45) is 0.888. The summed E-state index contributed by atoms with van der Waals surface area (Å²) in [4.78, 5) is 0. The van der Waals surface area contributed by atoms with Gasteiger partial charge in [0, 0.05) is 10.9 Å². The Kier molecular flexibility index (Phi) is 4.62. The van der Waals surface area contributed by atoms with Crippen molar-refractivity contribution in [1.29, 1.82) is 0 Å². The number of benzene rings is 2. The van der Waals surface area contributed by atoms with Crippen LogP contribution in [0.3, 0.4) is 0 Å². The van der Waals surface area contributed by atoms with E-state index in [2.05, 4.69) is 50.2 Å². The van der Waals surface area contributed by atoms with Crippen molar-refractivity contribution in [2.24, 2.45) is 5.73 Å². The van der Waals surface area contributed by atoms with Crippen LogP contribution in [0, 0.1) is 13.8 Å². The normalized spacial score (nSPS) is 12.4. The fourth-order valence-electron chi connectivity index (χ4n) is 2.26. The summed E-state index contributed by atoms with van der Waals surface area (Å²) in [7, 11) is 0. The van der Waals surface area contributed by atoms with E-state index in [0.717, 1.165) is 11.4 Å². The Labute approximate surface area is 120 Å². The molecule has 0 heterocycles. The lowest BCUT2D eigenvalue weighted by atomic mass is 9.91. The molecule has 0 aliphatic carbocycles. The van der Waals surface area contributed by atoms with Gasteiger partial charge in [-0.15, -0.1) is 0 Å². The van der Waals surface area contributed by atoms with Gasteiger partial charge in [-0.05, 0) is 49.6 Å². The number of rotatable bonds is 4. The fraction of sp³-hybridized carbons (Fsp3) is 0.294. The Bertz CT molecular complexity index is 546. The molecule has 2 aromatic rings. The van der Waals surface area contributed by atoms with Crippen LogP contribution in [0.2, 0.25) is 5.02 Å². The lowest BCUT2D eigenvalue weighted by Crippen LogP contribution is -2.15. The molecular formula is C17H20ClN. The van der Waals surface area contributed by atoms with Crippen LogP contribution in [-0.4, -0.2) is 6.54 Å². The van der Waals surface area contributed by atoms with E-state index in [4.69, 9.17) is 17.3 Å². The summed E-state index contributed by atoms with van der Waals surface area (Å²) in [5.74, 6) is 0.320. The van der Waals surface area contributed by atoms with Crippen molar-refractivity contribution in [1.82, 2.24) is 0 Å². The van der Waals surface area contributed by atoms with E-state index < -0.39 is 0 Å². The van der Waals surface area contributed by atoms with E-state index >= 15 is 0 Å². The Balaban J connectivity index is 2.21. The quantitative estimate of drug-likeness (QED) is 0.886. The van der Waals surface area contributed by atoms with Gasteiger partial charge in [0.2, 0.25) is 0 Å². The SMILES string of the molecule is Cc1ccc(C(CN)Cc2ccc(C)cc2Cl)cc1. The summed E-state index contributed by atoms with van der Waals surface area (Å²) in [6.45, 7) is 4.78. The highest BCUT2D eigenvalue weighted by Gasteiger charge is 2.12. The van der Waals surface area contributed by atoms with E-state index in [1.54, 1.807) is 0 Å². The lowest BCUT2D eigenvalue weighted by Gasteiger charge is -2.16. The third kappa shape index (κ3) is 3.59. The molecule has 2 heteroatoms. The Morgan fingerprint density at radius 3 is 2.21 bits per heavy atom. The van der Waals surface area contributed by atoms with Gasteiger partial charge in [0.05, 0.1) is 0 Å². The summed E-state index contributed by atoms with van der Waals surface area (Å²) in [5.41, 5.74) is 10.8. The molecule has 2 rings (SSSR count). The number of hydrogen-bond donors (Lipinski definition) is 1. The largest absolute Gasteiger partial charge is 0.330 e. The standard InChI is InChI=1S/C17H20ClN/c1-12-3-6-14(7-4-12)16(11-19)10-15-8-5-13(2)9-17(15)18/h3-9,16H,10-11,19H2,1-2H3. The first-order valence-electron chi connectivity index (χ1n) is 6.62. The van der Waals surface area contributed by atoms with E-state index in [1.165, 1.54) is 22.3 Å². The van der Waals surface area contributed by atoms with E-state index in [9.17, 15) is 0 Å². The molecule has 1 nitrogen and oxygen atoms in total. The minimum absolute atomic E-state index is 0.320. The van der Waals surface area contributed by atoms with Gasteiger partial charge in [0.15, 0.2) is 0 Å². The average Bonchev–Trinajstić information content (AvgIpc) is 2.39. The predicted octanol–water partition coefficient (Wildman–Crippen LogP) is 4.24. The number of halogens is 1. The highest BCUT2D eigenvalue weighted by molar-refractivity contribution is 6.31. The first kappa shape index (κ1) is 14.1. The van der Waals surface area contributed by atoms with Crippen molar-refractivity contribution in [2.75, 3.05) is 6.54 Å². The van der Waals surface area contributed by atoms with Crippen molar-refractivity contribution in [3.63, 3.8) is 0 Å². The molecule has 100 valence electrons. The van der Waals surface area contributed by atoms with Crippen LogP contribution < -0.4 is 5.73 Å². The van der Waals surface area contributed by atoms with E-state index in [1.807, 2.05) is 6.07 Å². The average molecular weight is 274 g/mol. The fourth-order valence-corrected chi connectivity index (χ4v) is 2.57. The zero-order valence-corrected chi connectivity index (χ0v) is 12.2. The van der Waals surface area contributed by atoms with Crippen molar-refractivity contribution in [3.8, 4) is 0 Å². The molecule has 0 amide bonds. The molecule has 0 aromatic heterocycles. The molecule has 0 bridgehead atoms. The Hall–Kier alpha value is -1.31. The first-order valence-corrected chi connectivity index (χ1v) is 6.99. The highest BCUT2D eigenvalue weighted by Crippen LogP contribution is 2.25. The summed E-state index contributed by atoms with van der Waals surface area (Å²) in [5, 5.41) is 0.838. The molecule has 0 aliphatic heterocycles. The summed E-state index contributed by atoms with van der Waals surface area (Å²) < 4.78 is 0. The second-order valence-electron chi connectivity index (χ2n) is 5.14. The maximum absolute atomic E-state index is 6.30. The van der Waals surface area contributed by atoms with Crippen LogP contribution in [0.1, 0.15) is 28.2 Å². The molecule has 1 unspecified atom stereocenters. The highest BCUT2D eigenvalue weighted by atomic mass is 35.5. The second-order valence-corrected chi connectivity index (χ2v) is 5.55. The maximum Gasteiger partial charge on any atom is 0.0440 e. The lowest BCUT2D eigenvalue weighted by molar-refractivity contribution is 0.694. The van der Waals surface area contributed by atoms with Crippen LogP contribution >= 0.6 is 11.6 Å². The molecule has 0 radical (unpaired) electrons. The van der Waals surface area contributed by atoms with Crippen LogP contribution in [0.15, 0.2) is 42.5 Å². The number of nitrogens with two attached hydrogens (primary N) is 1. The van der Waals surface area contributed by atoms with Gasteiger partial charge in [-0.2, -0.15) is 0 Å². The molecular weight excluding hydrogens is 254 g/mol. The Morgan fingerprint density at radius 1 is 1.00 bits per heavy atom. The third-order valence-electron chi connectivity index (χ3n) is 3.51. The zero-order valence-electron chi connectivity index (χ0n) is 11.5. The van der Waals surface area contributed by atoms with Crippen LogP contribution in [0.4, 0.5) is 0 Å².